The van der Waals surface area contributed by atoms with Crippen molar-refractivity contribution >= 4 is 17.3 Å². The maximum atomic E-state index is 12.4. The first-order chi connectivity index (χ1) is 10.3. The number of carbonyl (C=O) groups excluding carboxylic acids is 1. The van der Waals surface area contributed by atoms with Gasteiger partial charge in [0.05, 0.1) is 18.0 Å². The minimum absolute atomic E-state index is 0.0400. The van der Waals surface area contributed by atoms with Crippen molar-refractivity contribution in [2.45, 2.75) is 18.0 Å². The normalized spacial score (nSPS) is 26.0. The zero-order chi connectivity index (χ0) is 14.4. The molecule has 0 bridgehead atoms. The Balaban J connectivity index is 1.77. The standard InChI is InChI=1S/C16H15N3O2/c20-16-13(9-5-1-3-7-11(9)18-16)15-14(19-21)10-6-2-4-8-12(10)17-15/h1-8,13-15,17,19,21H,(H,18,20). The van der Waals surface area contributed by atoms with Crippen molar-refractivity contribution in [3.8, 4) is 0 Å². The molecule has 0 aromatic heterocycles. The van der Waals surface area contributed by atoms with E-state index in [1.807, 2.05) is 48.5 Å². The predicted octanol–water partition coefficient (Wildman–Crippen LogP) is 2.24. The third kappa shape index (κ3) is 1.75. The number of fused-ring (bicyclic) bond motifs is 2. The molecule has 0 aliphatic carbocycles. The second-order valence-corrected chi connectivity index (χ2v) is 5.42. The van der Waals surface area contributed by atoms with Crippen LogP contribution in [0, 0.1) is 0 Å². The number of rotatable bonds is 2. The van der Waals surface area contributed by atoms with Gasteiger partial charge in [-0.05, 0) is 23.3 Å². The minimum atomic E-state index is -0.335. The molecule has 2 heterocycles. The van der Waals surface area contributed by atoms with Gasteiger partial charge in [-0.25, -0.2) is 0 Å². The summed E-state index contributed by atoms with van der Waals surface area (Å²) in [5.74, 6) is -0.375. The van der Waals surface area contributed by atoms with E-state index < -0.39 is 0 Å². The van der Waals surface area contributed by atoms with E-state index in [1.54, 1.807) is 0 Å². The van der Waals surface area contributed by atoms with Crippen molar-refractivity contribution in [1.82, 2.24) is 5.48 Å². The van der Waals surface area contributed by atoms with Crippen LogP contribution in [0.5, 0.6) is 0 Å². The van der Waals surface area contributed by atoms with Crippen LogP contribution >= 0.6 is 0 Å². The lowest BCUT2D eigenvalue weighted by Crippen LogP contribution is -2.38. The van der Waals surface area contributed by atoms with E-state index >= 15 is 0 Å². The van der Waals surface area contributed by atoms with Gasteiger partial charge in [-0.3, -0.25) is 4.79 Å². The van der Waals surface area contributed by atoms with Gasteiger partial charge in [0.15, 0.2) is 0 Å². The zero-order valence-electron chi connectivity index (χ0n) is 11.2. The largest absolute Gasteiger partial charge is 0.379 e. The predicted molar refractivity (Wildman–Crippen MR) is 79.3 cm³/mol. The van der Waals surface area contributed by atoms with Crippen molar-refractivity contribution in [3.05, 3.63) is 59.7 Å². The van der Waals surface area contributed by atoms with Crippen LogP contribution in [-0.2, 0) is 4.79 Å². The second kappa shape index (κ2) is 4.58. The molecule has 1 amide bonds. The van der Waals surface area contributed by atoms with Gasteiger partial charge in [-0.2, -0.15) is 5.48 Å². The van der Waals surface area contributed by atoms with Crippen molar-refractivity contribution in [1.29, 1.82) is 0 Å². The molecule has 5 nitrogen and oxygen atoms in total. The summed E-state index contributed by atoms with van der Waals surface area (Å²) >= 11 is 0. The quantitative estimate of drug-likeness (QED) is 0.637. The summed E-state index contributed by atoms with van der Waals surface area (Å²) in [4.78, 5) is 12.4. The van der Waals surface area contributed by atoms with Gasteiger partial charge in [0.25, 0.3) is 0 Å². The maximum Gasteiger partial charge on any atom is 0.234 e. The van der Waals surface area contributed by atoms with E-state index in [0.717, 1.165) is 22.5 Å². The lowest BCUT2D eigenvalue weighted by molar-refractivity contribution is -0.117. The lowest BCUT2D eigenvalue weighted by Gasteiger charge is -2.24. The first-order valence-corrected chi connectivity index (χ1v) is 6.94. The Kier molecular flexibility index (Phi) is 2.70. The van der Waals surface area contributed by atoms with Crippen LogP contribution in [0.1, 0.15) is 23.1 Å². The number of benzene rings is 2. The van der Waals surface area contributed by atoms with Crippen LogP contribution in [0.4, 0.5) is 11.4 Å². The van der Waals surface area contributed by atoms with Gasteiger partial charge >= 0.3 is 0 Å². The van der Waals surface area contributed by atoms with Crippen LogP contribution in [0.2, 0.25) is 0 Å². The smallest absolute Gasteiger partial charge is 0.234 e. The lowest BCUT2D eigenvalue weighted by atomic mass is 9.88. The molecular weight excluding hydrogens is 266 g/mol. The number of carbonyl (C=O) groups is 1. The molecule has 106 valence electrons. The fraction of sp³-hybridized carbons (Fsp3) is 0.188. The van der Waals surface area contributed by atoms with Gasteiger partial charge in [-0.15, -0.1) is 0 Å². The maximum absolute atomic E-state index is 12.4. The Hall–Kier alpha value is -2.37. The van der Waals surface area contributed by atoms with Crippen molar-refractivity contribution < 1.29 is 10.0 Å². The molecule has 4 N–H and O–H groups in total. The molecule has 0 saturated carbocycles. The SMILES string of the molecule is O=C1Nc2ccccc2C1C1Nc2ccccc2C1NO. The van der Waals surface area contributed by atoms with Crippen LogP contribution in [0.3, 0.4) is 0 Å². The Morgan fingerprint density at radius 1 is 0.952 bits per heavy atom. The Morgan fingerprint density at radius 2 is 1.62 bits per heavy atom. The van der Waals surface area contributed by atoms with Crippen LogP contribution in [0.25, 0.3) is 0 Å². The monoisotopic (exact) mass is 281 g/mol. The highest BCUT2D eigenvalue weighted by Crippen LogP contribution is 2.44. The number of hydroxylamine groups is 1. The second-order valence-electron chi connectivity index (χ2n) is 5.42. The van der Waals surface area contributed by atoms with Gasteiger partial charge in [0.2, 0.25) is 5.91 Å². The van der Waals surface area contributed by atoms with Gasteiger partial charge in [-0.1, -0.05) is 36.4 Å². The third-order valence-corrected chi connectivity index (χ3v) is 4.31. The number of para-hydroxylation sites is 2. The highest BCUT2D eigenvalue weighted by atomic mass is 16.5. The Morgan fingerprint density at radius 3 is 2.38 bits per heavy atom. The first kappa shape index (κ1) is 12.4. The fourth-order valence-corrected chi connectivity index (χ4v) is 3.37. The van der Waals surface area contributed by atoms with Crippen molar-refractivity contribution in [2.24, 2.45) is 0 Å². The highest BCUT2D eigenvalue weighted by molar-refractivity contribution is 6.04. The van der Waals surface area contributed by atoms with Crippen molar-refractivity contribution in [3.63, 3.8) is 0 Å². The average Bonchev–Trinajstić information content (AvgIpc) is 3.02. The molecule has 0 fully saturated rings. The average molecular weight is 281 g/mol. The molecule has 2 aromatic rings. The molecule has 2 aliphatic rings. The van der Waals surface area contributed by atoms with E-state index in [0.29, 0.717) is 0 Å². The summed E-state index contributed by atoms with van der Waals surface area (Å²) in [7, 11) is 0. The number of hydrogen-bond acceptors (Lipinski definition) is 4. The molecule has 5 heteroatoms. The van der Waals surface area contributed by atoms with E-state index in [2.05, 4.69) is 16.1 Å². The summed E-state index contributed by atoms with van der Waals surface area (Å²) in [5.41, 5.74) is 6.10. The molecule has 0 saturated heterocycles. The highest BCUT2D eigenvalue weighted by Gasteiger charge is 2.44. The number of anilines is 2. The van der Waals surface area contributed by atoms with Crippen LogP contribution < -0.4 is 16.1 Å². The topological polar surface area (TPSA) is 73.4 Å². The summed E-state index contributed by atoms with van der Waals surface area (Å²) in [6.45, 7) is 0. The summed E-state index contributed by atoms with van der Waals surface area (Å²) in [6, 6.07) is 14.9. The summed E-state index contributed by atoms with van der Waals surface area (Å²) in [6.07, 6.45) is 0. The van der Waals surface area contributed by atoms with Gasteiger partial charge < -0.3 is 15.8 Å². The molecule has 0 spiro atoms. The summed E-state index contributed by atoms with van der Waals surface area (Å²) < 4.78 is 0. The van der Waals surface area contributed by atoms with E-state index in [4.69, 9.17) is 0 Å². The van der Waals surface area contributed by atoms with Gasteiger partial charge in [0.1, 0.15) is 0 Å². The van der Waals surface area contributed by atoms with Crippen molar-refractivity contribution in [2.75, 3.05) is 10.6 Å². The molecule has 21 heavy (non-hydrogen) atoms. The number of nitrogens with one attached hydrogen (secondary N) is 3. The molecule has 3 atom stereocenters. The van der Waals surface area contributed by atoms with Gasteiger partial charge in [0, 0.05) is 11.4 Å². The minimum Gasteiger partial charge on any atom is -0.379 e. The van der Waals surface area contributed by atoms with Crippen LogP contribution in [-0.4, -0.2) is 17.2 Å². The number of hydrogen-bond donors (Lipinski definition) is 4. The summed E-state index contributed by atoms with van der Waals surface area (Å²) in [5, 5.41) is 15.8. The number of amides is 1. The molecular formula is C16H15N3O2. The zero-order valence-corrected chi connectivity index (χ0v) is 11.2. The Bertz CT molecular complexity index is 716. The molecule has 0 radical (unpaired) electrons. The molecule has 2 aliphatic heterocycles. The van der Waals surface area contributed by atoms with E-state index in [1.165, 1.54) is 0 Å². The molecule has 2 aromatic carbocycles. The van der Waals surface area contributed by atoms with E-state index in [-0.39, 0.29) is 23.9 Å². The first-order valence-electron chi connectivity index (χ1n) is 6.94. The fourth-order valence-electron chi connectivity index (χ4n) is 3.37. The van der Waals surface area contributed by atoms with E-state index in [9.17, 15) is 10.0 Å². The molecule has 3 unspecified atom stereocenters. The van der Waals surface area contributed by atoms with Crippen LogP contribution in [0.15, 0.2) is 48.5 Å². The Labute approximate surface area is 121 Å². The third-order valence-electron chi connectivity index (χ3n) is 4.31. The molecule has 4 rings (SSSR count).